The van der Waals surface area contributed by atoms with Gasteiger partial charge in [-0.2, -0.15) is 23.3 Å². The molecule has 4 rings (SSSR count). The van der Waals surface area contributed by atoms with Crippen molar-refractivity contribution in [3.05, 3.63) is 70.6 Å². The number of alkyl halides is 3. The van der Waals surface area contributed by atoms with Gasteiger partial charge >= 0.3 is 6.18 Å². The minimum atomic E-state index is -5.10. The fourth-order valence-electron chi connectivity index (χ4n) is 3.06. The van der Waals surface area contributed by atoms with Crippen LogP contribution in [0.15, 0.2) is 42.6 Å². The SMILES string of the molecule is Cn1nc(-c2cc(C(F)(F)F)c(F)c(OCc3ccccc3)c2F)c2cnc(Cl)nc21. The first kappa shape index (κ1) is 21.0. The van der Waals surface area contributed by atoms with Gasteiger partial charge in [0, 0.05) is 18.8 Å². The van der Waals surface area contributed by atoms with Crippen LogP contribution in [-0.4, -0.2) is 19.7 Å². The van der Waals surface area contributed by atoms with E-state index in [9.17, 15) is 17.6 Å². The lowest BCUT2D eigenvalue weighted by Crippen LogP contribution is -2.12. The Labute approximate surface area is 177 Å². The molecule has 0 amide bonds. The summed E-state index contributed by atoms with van der Waals surface area (Å²) in [7, 11) is 1.45. The largest absolute Gasteiger partial charge is 0.483 e. The molecule has 0 bridgehead atoms. The van der Waals surface area contributed by atoms with E-state index in [2.05, 4.69) is 15.1 Å². The Morgan fingerprint density at radius 2 is 1.81 bits per heavy atom. The number of nitrogens with zero attached hydrogens (tertiary/aromatic N) is 4. The van der Waals surface area contributed by atoms with Crippen molar-refractivity contribution in [2.24, 2.45) is 7.05 Å². The molecule has 2 heterocycles. The number of hydrogen-bond donors (Lipinski definition) is 0. The molecule has 0 saturated carbocycles. The molecule has 31 heavy (non-hydrogen) atoms. The average molecular weight is 455 g/mol. The van der Waals surface area contributed by atoms with Crippen molar-refractivity contribution in [3.63, 3.8) is 0 Å². The second-order valence-corrected chi connectivity index (χ2v) is 6.89. The zero-order valence-electron chi connectivity index (χ0n) is 15.7. The van der Waals surface area contributed by atoms with Crippen molar-refractivity contribution in [3.8, 4) is 17.0 Å². The van der Waals surface area contributed by atoms with Crippen LogP contribution in [0.3, 0.4) is 0 Å². The third-order valence-electron chi connectivity index (χ3n) is 4.50. The standard InChI is InChI=1S/C20H12ClF5N4O/c1-30-18-12(8-27-19(21)28-18)16(29-30)11-7-13(20(24,25)26)15(23)17(14(11)22)31-9-10-5-3-2-4-6-10/h2-8H,9H2,1H3. The minimum Gasteiger partial charge on any atom is -0.483 e. The van der Waals surface area contributed by atoms with Crippen molar-refractivity contribution in [1.29, 1.82) is 0 Å². The molecule has 0 aliphatic carbocycles. The Kier molecular flexibility index (Phi) is 5.26. The zero-order valence-corrected chi connectivity index (χ0v) is 16.5. The fourth-order valence-corrected chi connectivity index (χ4v) is 3.19. The van der Waals surface area contributed by atoms with E-state index in [0.29, 0.717) is 11.6 Å². The van der Waals surface area contributed by atoms with Gasteiger partial charge in [0.1, 0.15) is 12.3 Å². The van der Waals surface area contributed by atoms with Crippen LogP contribution in [0.4, 0.5) is 22.0 Å². The van der Waals surface area contributed by atoms with Crippen molar-refractivity contribution in [2.75, 3.05) is 0 Å². The van der Waals surface area contributed by atoms with Crippen molar-refractivity contribution in [1.82, 2.24) is 19.7 Å². The quantitative estimate of drug-likeness (QED) is 0.299. The Hall–Kier alpha value is -3.27. The summed E-state index contributed by atoms with van der Waals surface area (Å²) in [6.45, 7) is -0.336. The first-order chi connectivity index (χ1) is 14.7. The lowest BCUT2D eigenvalue weighted by Gasteiger charge is -2.16. The molecule has 0 aliphatic heterocycles. The fraction of sp³-hybridized carbons (Fsp3) is 0.150. The molecule has 0 fully saturated rings. The summed E-state index contributed by atoms with van der Waals surface area (Å²) in [6, 6.07) is 8.61. The number of rotatable bonds is 4. The maximum atomic E-state index is 15.3. The second-order valence-electron chi connectivity index (χ2n) is 6.55. The molecule has 2 aromatic carbocycles. The summed E-state index contributed by atoms with van der Waals surface area (Å²) in [4.78, 5) is 7.72. The maximum Gasteiger partial charge on any atom is 0.419 e. The first-order valence-corrected chi connectivity index (χ1v) is 9.16. The molecular formula is C20H12ClF5N4O. The third-order valence-corrected chi connectivity index (χ3v) is 4.68. The molecule has 2 aromatic heterocycles. The van der Waals surface area contributed by atoms with Gasteiger partial charge in [-0.05, 0) is 23.2 Å². The van der Waals surface area contributed by atoms with Crippen LogP contribution in [-0.2, 0) is 19.8 Å². The number of fused-ring (bicyclic) bond motifs is 1. The first-order valence-electron chi connectivity index (χ1n) is 8.78. The van der Waals surface area contributed by atoms with Crippen LogP contribution in [0, 0.1) is 11.6 Å². The summed E-state index contributed by atoms with van der Waals surface area (Å²) in [5, 5.41) is 4.06. The summed E-state index contributed by atoms with van der Waals surface area (Å²) < 4.78 is 76.8. The van der Waals surface area contributed by atoms with Gasteiger partial charge in [0.15, 0.2) is 23.0 Å². The molecule has 4 aromatic rings. The van der Waals surface area contributed by atoms with Crippen molar-refractivity contribution in [2.45, 2.75) is 12.8 Å². The van der Waals surface area contributed by atoms with E-state index in [0.717, 1.165) is 0 Å². The highest BCUT2D eigenvalue weighted by atomic mass is 35.5. The van der Waals surface area contributed by atoms with Gasteiger partial charge in [-0.3, -0.25) is 0 Å². The Bertz CT molecular complexity index is 1270. The summed E-state index contributed by atoms with van der Waals surface area (Å²) in [5.74, 6) is -4.32. The van der Waals surface area contributed by atoms with Gasteiger partial charge in [-0.25, -0.2) is 18.4 Å². The lowest BCUT2D eigenvalue weighted by atomic mass is 10.0. The van der Waals surface area contributed by atoms with Crippen LogP contribution in [0.25, 0.3) is 22.3 Å². The lowest BCUT2D eigenvalue weighted by molar-refractivity contribution is -0.140. The van der Waals surface area contributed by atoms with Gasteiger partial charge in [0.25, 0.3) is 0 Å². The number of benzene rings is 2. The van der Waals surface area contributed by atoms with Gasteiger partial charge in [0.05, 0.1) is 10.9 Å². The third kappa shape index (κ3) is 3.90. The van der Waals surface area contributed by atoms with Crippen molar-refractivity contribution >= 4 is 22.6 Å². The number of aryl methyl sites for hydroxylation is 1. The minimum absolute atomic E-state index is 0.121. The monoisotopic (exact) mass is 454 g/mol. The molecule has 160 valence electrons. The van der Waals surface area contributed by atoms with E-state index in [1.807, 2.05) is 0 Å². The van der Waals surface area contributed by atoms with E-state index in [4.69, 9.17) is 16.3 Å². The van der Waals surface area contributed by atoms with Crippen LogP contribution in [0.2, 0.25) is 5.28 Å². The highest BCUT2D eigenvalue weighted by Gasteiger charge is 2.38. The molecule has 5 nitrogen and oxygen atoms in total. The highest BCUT2D eigenvalue weighted by molar-refractivity contribution is 6.28. The average Bonchev–Trinajstić information content (AvgIpc) is 3.03. The zero-order chi connectivity index (χ0) is 22.3. The van der Waals surface area contributed by atoms with Crippen LogP contribution < -0.4 is 4.74 Å². The number of aromatic nitrogens is 4. The smallest absolute Gasteiger partial charge is 0.419 e. The maximum absolute atomic E-state index is 15.3. The molecule has 0 N–H and O–H groups in total. The van der Waals surface area contributed by atoms with E-state index in [1.165, 1.54) is 17.9 Å². The van der Waals surface area contributed by atoms with E-state index >= 15 is 4.39 Å². The molecule has 0 atom stereocenters. The van der Waals surface area contributed by atoms with Crippen LogP contribution >= 0.6 is 11.6 Å². The van der Waals surface area contributed by atoms with E-state index in [-0.39, 0.29) is 28.6 Å². The molecule has 0 saturated heterocycles. The predicted octanol–water partition coefficient (Wildman–Crippen LogP) is 5.56. The second kappa shape index (κ2) is 7.77. The van der Waals surface area contributed by atoms with E-state index < -0.39 is 34.7 Å². The van der Waals surface area contributed by atoms with Crippen LogP contribution in [0.1, 0.15) is 11.1 Å². The van der Waals surface area contributed by atoms with E-state index in [1.54, 1.807) is 30.3 Å². The topological polar surface area (TPSA) is 52.8 Å². The summed E-state index contributed by atoms with van der Waals surface area (Å²) in [6.07, 6.45) is -3.89. The Morgan fingerprint density at radius 3 is 2.48 bits per heavy atom. The highest BCUT2D eigenvalue weighted by Crippen LogP contribution is 2.42. The van der Waals surface area contributed by atoms with Gasteiger partial charge in [-0.15, -0.1) is 0 Å². The van der Waals surface area contributed by atoms with Crippen LogP contribution in [0.5, 0.6) is 5.75 Å². The molecule has 0 radical (unpaired) electrons. The normalized spacial score (nSPS) is 11.8. The number of hydrogen-bond acceptors (Lipinski definition) is 4. The molecule has 0 unspecified atom stereocenters. The number of ether oxygens (including phenoxy) is 1. The molecular weight excluding hydrogens is 443 g/mol. The Balaban J connectivity index is 1.91. The summed E-state index contributed by atoms with van der Waals surface area (Å²) in [5.41, 5.74) is -1.80. The molecule has 0 aliphatic rings. The summed E-state index contributed by atoms with van der Waals surface area (Å²) >= 11 is 5.75. The van der Waals surface area contributed by atoms with Gasteiger partial charge in [0.2, 0.25) is 5.28 Å². The Morgan fingerprint density at radius 1 is 1.10 bits per heavy atom. The van der Waals surface area contributed by atoms with Crippen molar-refractivity contribution < 1.29 is 26.7 Å². The van der Waals surface area contributed by atoms with Gasteiger partial charge < -0.3 is 4.74 Å². The number of halogens is 6. The molecule has 0 spiro atoms. The molecule has 11 heteroatoms. The van der Waals surface area contributed by atoms with Gasteiger partial charge in [-0.1, -0.05) is 30.3 Å². The predicted molar refractivity (Wildman–Crippen MR) is 102 cm³/mol.